The molecule has 0 aliphatic heterocycles. The molecular formula is C25H22N2O4S. The maximum absolute atomic E-state index is 12.9. The lowest BCUT2D eigenvalue weighted by atomic mass is 10.2. The number of hydrogen-bond donors (Lipinski definition) is 0. The minimum atomic E-state index is -0.334. The number of para-hydroxylation sites is 1. The molecule has 0 radical (unpaired) electrons. The average molecular weight is 447 g/mol. The minimum Gasteiger partial charge on any atom is -0.493 e. The molecule has 6 nitrogen and oxygen atoms in total. The Labute approximate surface area is 189 Å². The van der Waals surface area contributed by atoms with Crippen LogP contribution in [0, 0.1) is 0 Å². The van der Waals surface area contributed by atoms with Crippen molar-refractivity contribution in [3.63, 3.8) is 0 Å². The van der Waals surface area contributed by atoms with E-state index in [0.717, 1.165) is 16.0 Å². The van der Waals surface area contributed by atoms with Gasteiger partial charge in [0.05, 0.1) is 24.4 Å². The Morgan fingerprint density at radius 2 is 1.66 bits per heavy atom. The molecule has 32 heavy (non-hydrogen) atoms. The van der Waals surface area contributed by atoms with Crippen molar-refractivity contribution in [2.24, 2.45) is 4.99 Å². The Balaban J connectivity index is 1.67. The first-order valence-corrected chi connectivity index (χ1v) is 10.7. The monoisotopic (exact) mass is 446 g/mol. The molecule has 0 saturated carbocycles. The van der Waals surface area contributed by atoms with Crippen LogP contribution in [-0.2, 0) is 6.54 Å². The molecule has 0 N–H and O–H groups in total. The molecule has 4 aromatic rings. The molecule has 0 aliphatic carbocycles. The lowest BCUT2D eigenvalue weighted by Crippen LogP contribution is -2.16. The molecular weight excluding hydrogens is 424 g/mol. The van der Waals surface area contributed by atoms with Crippen molar-refractivity contribution in [1.82, 2.24) is 4.57 Å². The lowest BCUT2D eigenvalue weighted by molar-refractivity contribution is 0.0998. The zero-order valence-electron chi connectivity index (χ0n) is 17.8. The smallest absolute Gasteiger partial charge is 0.279 e. The zero-order valence-corrected chi connectivity index (χ0v) is 18.6. The molecule has 1 aromatic heterocycles. The van der Waals surface area contributed by atoms with Gasteiger partial charge in [0.2, 0.25) is 0 Å². The van der Waals surface area contributed by atoms with Crippen LogP contribution in [-0.4, -0.2) is 24.7 Å². The number of hydrogen-bond acceptors (Lipinski definition) is 5. The summed E-state index contributed by atoms with van der Waals surface area (Å²) in [6.45, 7) is 4.33. The van der Waals surface area contributed by atoms with Gasteiger partial charge in [-0.15, -0.1) is 6.58 Å². The number of carbonyl (C=O) groups is 1. The van der Waals surface area contributed by atoms with Gasteiger partial charge in [0.1, 0.15) is 11.5 Å². The van der Waals surface area contributed by atoms with Crippen molar-refractivity contribution in [3.05, 3.63) is 89.7 Å². The third-order valence-electron chi connectivity index (χ3n) is 4.78. The van der Waals surface area contributed by atoms with Crippen LogP contribution >= 0.6 is 11.3 Å². The Kier molecular flexibility index (Phi) is 6.37. The Hall–Kier alpha value is -3.84. The van der Waals surface area contributed by atoms with Gasteiger partial charge in [0.15, 0.2) is 16.3 Å². The van der Waals surface area contributed by atoms with Crippen molar-refractivity contribution in [1.29, 1.82) is 0 Å². The van der Waals surface area contributed by atoms with Crippen LogP contribution in [0.25, 0.3) is 10.2 Å². The largest absolute Gasteiger partial charge is 0.493 e. The fraction of sp³-hybridized carbons (Fsp3) is 0.120. The summed E-state index contributed by atoms with van der Waals surface area (Å²) in [5.74, 6) is 2.29. The maximum atomic E-state index is 12.9. The number of ether oxygens (including phenoxy) is 3. The molecule has 7 heteroatoms. The summed E-state index contributed by atoms with van der Waals surface area (Å²) < 4.78 is 19.5. The van der Waals surface area contributed by atoms with Crippen LogP contribution in [0.4, 0.5) is 0 Å². The molecule has 1 amide bonds. The summed E-state index contributed by atoms with van der Waals surface area (Å²) in [7, 11) is 3.18. The highest BCUT2D eigenvalue weighted by Crippen LogP contribution is 2.33. The van der Waals surface area contributed by atoms with Gasteiger partial charge in [-0.05, 0) is 36.4 Å². The van der Waals surface area contributed by atoms with Gasteiger partial charge < -0.3 is 18.8 Å². The molecule has 0 bridgehead atoms. The van der Waals surface area contributed by atoms with Crippen molar-refractivity contribution >= 4 is 27.5 Å². The Bertz CT molecular complexity index is 1320. The molecule has 0 saturated heterocycles. The van der Waals surface area contributed by atoms with Crippen molar-refractivity contribution < 1.29 is 19.0 Å². The minimum absolute atomic E-state index is 0.334. The van der Waals surface area contributed by atoms with Crippen LogP contribution < -0.4 is 19.0 Å². The van der Waals surface area contributed by atoms with E-state index in [9.17, 15) is 4.79 Å². The SMILES string of the molecule is C=CCn1c(=NC(=O)c2ccc(Oc3ccccc3)cc2)sc2cc(OC)c(OC)cc21. The van der Waals surface area contributed by atoms with Crippen molar-refractivity contribution in [3.8, 4) is 23.0 Å². The Morgan fingerprint density at radius 3 is 2.31 bits per heavy atom. The summed E-state index contributed by atoms with van der Waals surface area (Å²) in [6, 6.07) is 20.2. The standard InChI is InChI=1S/C25H22N2O4S/c1-4-14-27-20-15-21(29-2)22(30-3)16-23(20)32-25(27)26-24(28)17-10-12-19(13-11-17)31-18-8-6-5-7-9-18/h4-13,15-16H,1,14H2,2-3H3. The third kappa shape index (κ3) is 4.43. The second kappa shape index (κ2) is 9.53. The van der Waals surface area contributed by atoms with Gasteiger partial charge >= 0.3 is 0 Å². The molecule has 0 aliphatic rings. The van der Waals surface area contributed by atoms with E-state index in [2.05, 4.69) is 11.6 Å². The molecule has 162 valence electrons. The zero-order chi connectivity index (χ0) is 22.5. The number of carbonyl (C=O) groups excluding carboxylic acids is 1. The first-order chi connectivity index (χ1) is 15.6. The summed E-state index contributed by atoms with van der Waals surface area (Å²) in [5.41, 5.74) is 1.37. The first-order valence-electron chi connectivity index (χ1n) is 9.91. The number of benzene rings is 3. The van der Waals surface area contributed by atoms with Crippen LogP contribution in [0.5, 0.6) is 23.0 Å². The van der Waals surface area contributed by atoms with E-state index in [0.29, 0.717) is 34.2 Å². The summed E-state index contributed by atoms with van der Waals surface area (Å²) >= 11 is 1.41. The second-order valence-corrected chi connectivity index (χ2v) is 7.82. The van der Waals surface area contributed by atoms with E-state index in [1.807, 2.05) is 47.0 Å². The van der Waals surface area contributed by atoms with E-state index in [-0.39, 0.29) is 5.91 Å². The quantitative estimate of drug-likeness (QED) is 0.355. The molecule has 4 rings (SSSR count). The van der Waals surface area contributed by atoms with Gasteiger partial charge in [-0.25, -0.2) is 0 Å². The highest BCUT2D eigenvalue weighted by molar-refractivity contribution is 7.16. The first kappa shape index (κ1) is 21.4. The van der Waals surface area contributed by atoms with Gasteiger partial charge in [-0.3, -0.25) is 4.79 Å². The van der Waals surface area contributed by atoms with Crippen molar-refractivity contribution in [2.75, 3.05) is 14.2 Å². The fourth-order valence-electron chi connectivity index (χ4n) is 3.23. The van der Waals surface area contributed by atoms with Gasteiger partial charge in [0, 0.05) is 24.2 Å². The van der Waals surface area contributed by atoms with Gasteiger partial charge in [-0.1, -0.05) is 35.6 Å². The molecule has 0 spiro atoms. The molecule has 0 atom stereocenters. The van der Waals surface area contributed by atoms with Crippen molar-refractivity contribution in [2.45, 2.75) is 6.54 Å². The highest BCUT2D eigenvalue weighted by Gasteiger charge is 2.13. The second-order valence-electron chi connectivity index (χ2n) is 6.82. The number of allylic oxidation sites excluding steroid dienone is 1. The molecule has 0 fully saturated rings. The number of thiazole rings is 1. The highest BCUT2D eigenvalue weighted by atomic mass is 32.1. The topological polar surface area (TPSA) is 62.1 Å². The van der Waals surface area contributed by atoms with E-state index in [4.69, 9.17) is 14.2 Å². The van der Waals surface area contributed by atoms with Crippen LogP contribution in [0.2, 0.25) is 0 Å². The van der Waals surface area contributed by atoms with E-state index in [1.165, 1.54) is 11.3 Å². The predicted octanol–water partition coefficient (Wildman–Crippen LogP) is 5.44. The number of amides is 1. The number of methoxy groups -OCH3 is 2. The Morgan fingerprint density at radius 1 is 1.00 bits per heavy atom. The molecule has 1 heterocycles. The fourth-order valence-corrected chi connectivity index (χ4v) is 4.28. The summed E-state index contributed by atoms with van der Waals surface area (Å²) in [4.78, 5) is 17.8. The average Bonchev–Trinajstić information content (AvgIpc) is 3.15. The normalized spacial score (nSPS) is 11.4. The summed E-state index contributed by atoms with van der Waals surface area (Å²) in [6.07, 6.45) is 1.77. The third-order valence-corrected chi connectivity index (χ3v) is 5.82. The number of nitrogens with zero attached hydrogens (tertiary/aromatic N) is 2. The van der Waals surface area contributed by atoms with E-state index >= 15 is 0 Å². The van der Waals surface area contributed by atoms with Crippen LogP contribution in [0.3, 0.4) is 0 Å². The van der Waals surface area contributed by atoms with E-state index < -0.39 is 0 Å². The van der Waals surface area contributed by atoms with Crippen LogP contribution in [0.1, 0.15) is 10.4 Å². The van der Waals surface area contributed by atoms with E-state index in [1.54, 1.807) is 44.6 Å². The molecule has 0 unspecified atom stereocenters. The number of aromatic nitrogens is 1. The maximum Gasteiger partial charge on any atom is 0.279 e. The lowest BCUT2D eigenvalue weighted by Gasteiger charge is -2.08. The van der Waals surface area contributed by atoms with Gasteiger partial charge in [0.25, 0.3) is 5.91 Å². The molecule has 3 aromatic carbocycles. The van der Waals surface area contributed by atoms with Crippen LogP contribution in [0.15, 0.2) is 84.4 Å². The number of rotatable bonds is 7. The summed E-state index contributed by atoms with van der Waals surface area (Å²) in [5, 5.41) is 0. The number of fused-ring (bicyclic) bond motifs is 1. The van der Waals surface area contributed by atoms with Gasteiger partial charge in [-0.2, -0.15) is 4.99 Å². The predicted molar refractivity (Wildman–Crippen MR) is 126 cm³/mol.